The van der Waals surface area contributed by atoms with E-state index in [0.717, 1.165) is 30.2 Å². The van der Waals surface area contributed by atoms with Crippen LogP contribution in [-0.4, -0.2) is 19.9 Å². The number of fused-ring (bicyclic) bond motifs is 1. The van der Waals surface area contributed by atoms with Crippen LogP contribution in [0.4, 0.5) is 0 Å². The van der Waals surface area contributed by atoms with Crippen LogP contribution in [-0.2, 0) is 19.4 Å². The molecule has 0 saturated carbocycles. The molecule has 1 unspecified atom stereocenters. The van der Waals surface area contributed by atoms with Crippen molar-refractivity contribution in [3.63, 3.8) is 0 Å². The van der Waals surface area contributed by atoms with Gasteiger partial charge in [-0.1, -0.05) is 12.1 Å². The molecule has 0 saturated heterocycles. The summed E-state index contributed by atoms with van der Waals surface area (Å²) in [6, 6.07) is 7.00. The Kier molecular flexibility index (Phi) is 3.21. The minimum absolute atomic E-state index is 0.149. The third-order valence-electron chi connectivity index (χ3n) is 3.61. The molecule has 1 aromatic carbocycles. The molecule has 2 aromatic rings. The number of aromatic nitrogens is 3. The number of phenolic OH excluding ortho intramolecular Hbond substituents is 1. The summed E-state index contributed by atoms with van der Waals surface area (Å²) in [5.74, 6) is 2.21. The van der Waals surface area contributed by atoms with E-state index in [9.17, 15) is 5.11 Å². The second kappa shape index (κ2) is 5.01. The first-order valence-corrected chi connectivity index (χ1v) is 6.69. The maximum atomic E-state index is 9.28. The molecule has 1 aliphatic rings. The van der Waals surface area contributed by atoms with Crippen LogP contribution in [0, 0.1) is 0 Å². The number of benzene rings is 1. The Morgan fingerprint density at radius 1 is 1.21 bits per heavy atom. The van der Waals surface area contributed by atoms with Gasteiger partial charge in [0.15, 0.2) is 0 Å². The Hall–Kier alpha value is -1.88. The maximum absolute atomic E-state index is 9.28. The average molecular weight is 258 g/mol. The van der Waals surface area contributed by atoms with Gasteiger partial charge in [0, 0.05) is 13.0 Å². The fourth-order valence-corrected chi connectivity index (χ4v) is 2.58. The Morgan fingerprint density at radius 3 is 2.79 bits per heavy atom. The highest BCUT2D eigenvalue weighted by molar-refractivity contribution is 5.27. The summed E-state index contributed by atoms with van der Waals surface area (Å²) < 4.78 is 2.16. The van der Waals surface area contributed by atoms with E-state index in [-0.39, 0.29) is 11.8 Å². The molecule has 2 heterocycles. The van der Waals surface area contributed by atoms with Crippen LogP contribution in [0.1, 0.15) is 36.1 Å². The van der Waals surface area contributed by atoms with Crippen molar-refractivity contribution in [2.24, 2.45) is 5.73 Å². The summed E-state index contributed by atoms with van der Waals surface area (Å²) in [6.45, 7) is 0.973. The van der Waals surface area contributed by atoms with Gasteiger partial charge in [-0.15, -0.1) is 10.2 Å². The Morgan fingerprint density at radius 2 is 2.00 bits per heavy atom. The zero-order valence-electron chi connectivity index (χ0n) is 10.8. The van der Waals surface area contributed by atoms with E-state index < -0.39 is 0 Å². The SMILES string of the molecule is NC(Cc1ccc(O)cc1)c1nnc2n1CCCC2. The maximum Gasteiger partial charge on any atom is 0.150 e. The van der Waals surface area contributed by atoms with Gasteiger partial charge in [-0.2, -0.15) is 0 Å². The minimum Gasteiger partial charge on any atom is -0.508 e. The summed E-state index contributed by atoms with van der Waals surface area (Å²) in [6.07, 6.45) is 4.06. The smallest absolute Gasteiger partial charge is 0.150 e. The van der Waals surface area contributed by atoms with Crippen LogP contribution < -0.4 is 5.73 Å². The van der Waals surface area contributed by atoms with Crippen molar-refractivity contribution in [2.75, 3.05) is 0 Å². The van der Waals surface area contributed by atoms with Gasteiger partial charge in [-0.3, -0.25) is 0 Å². The van der Waals surface area contributed by atoms with Crippen LogP contribution in [0.2, 0.25) is 0 Å². The zero-order chi connectivity index (χ0) is 13.2. The molecular formula is C14H18N4O. The molecule has 5 nitrogen and oxygen atoms in total. The summed E-state index contributed by atoms with van der Waals surface area (Å²) in [4.78, 5) is 0. The number of aryl methyl sites for hydroxylation is 1. The number of aromatic hydroxyl groups is 1. The van der Waals surface area contributed by atoms with Crippen molar-refractivity contribution in [3.8, 4) is 5.75 Å². The molecule has 3 rings (SSSR count). The van der Waals surface area contributed by atoms with Gasteiger partial charge in [0.1, 0.15) is 17.4 Å². The van der Waals surface area contributed by atoms with Crippen molar-refractivity contribution in [1.29, 1.82) is 0 Å². The topological polar surface area (TPSA) is 77.0 Å². The Balaban J connectivity index is 1.78. The monoisotopic (exact) mass is 258 g/mol. The van der Waals surface area contributed by atoms with E-state index in [0.29, 0.717) is 6.42 Å². The lowest BCUT2D eigenvalue weighted by Gasteiger charge is -2.18. The molecule has 19 heavy (non-hydrogen) atoms. The molecule has 0 radical (unpaired) electrons. The first-order chi connectivity index (χ1) is 9.24. The van der Waals surface area contributed by atoms with Crippen molar-refractivity contribution in [2.45, 2.75) is 38.3 Å². The Labute approximate surface area is 112 Å². The van der Waals surface area contributed by atoms with Gasteiger partial charge in [0.05, 0.1) is 6.04 Å². The lowest BCUT2D eigenvalue weighted by molar-refractivity contribution is 0.474. The van der Waals surface area contributed by atoms with E-state index in [1.165, 1.54) is 12.8 Å². The standard InChI is InChI=1S/C14H18N4O/c15-12(9-10-4-6-11(19)7-5-10)14-17-16-13-3-1-2-8-18(13)14/h4-7,12,19H,1-3,8-9,15H2. The molecule has 3 N–H and O–H groups in total. The largest absolute Gasteiger partial charge is 0.508 e. The first kappa shape index (κ1) is 12.2. The third-order valence-corrected chi connectivity index (χ3v) is 3.61. The number of hydrogen-bond acceptors (Lipinski definition) is 4. The Bertz CT molecular complexity index is 561. The second-order valence-electron chi connectivity index (χ2n) is 5.06. The number of phenols is 1. The van der Waals surface area contributed by atoms with Crippen LogP contribution in [0.3, 0.4) is 0 Å². The number of nitrogens with zero attached hydrogens (tertiary/aromatic N) is 3. The molecule has 1 aliphatic heterocycles. The molecule has 5 heteroatoms. The van der Waals surface area contributed by atoms with Gasteiger partial charge >= 0.3 is 0 Å². The molecule has 0 amide bonds. The molecule has 0 spiro atoms. The summed E-state index contributed by atoms with van der Waals surface area (Å²) in [5, 5.41) is 17.8. The van der Waals surface area contributed by atoms with Gasteiger partial charge in [-0.05, 0) is 37.0 Å². The minimum atomic E-state index is -0.149. The van der Waals surface area contributed by atoms with E-state index >= 15 is 0 Å². The summed E-state index contributed by atoms with van der Waals surface area (Å²) >= 11 is 0. The molecule has 0 bridgehead atoms. The molecule has 1 aromatic heterocycles. The van der Waals surface area contributed by atoms with Gasteiger partial charge in [0.2, 0.25) is 0 Å². The highest BCUT2D eigenvalue weighted by atomic mass is 16.3. The summed E-state index contributed by atoms with van der Waals surface area (Å²) in [5.41, 5.74) is 7.34. The average Bonchev–Trinajstić information content (AvgIpc) is 2.85. The second-order valence-corrected chi connectivity index (χ2v) is 5.06. The molecular weight excluding hydrogens is 240 g/mol. The lowest BCUT2D eigenvalue weighted by Crippen LogP contribution is -2.21. The first-order valence-electron chi connectivity index (χ1n) is 6.69. The van der Waals surface area contributed by atoms with Crippen molar-refractivity contribution in [1.82, 2.24) is 14.8 Å². The van der Waals surface area contributed by atoms with Crippen LogP contribution in [0.25, 0.3) is 0 Å². The normalized spacial score (nSPS) is 16.1. The van der Waals surface area contributed by atoms with Crippen LogP contribution >= 0.6 is 0 Å². The van der Waals surface area contributed by atoms with Gasteiger partial charge < -0.3 is 15.4 Å². The van der Waals surface area contributed by atoms with Crippen LogP contribution in [0.5, 0.6) is 5.75 Å². The molecule has 0 fully saturated rings. The highest BCUT2D eigenvalue weighted by Gasteiger charge is 2.20. The molecule has 0 aliphatic carbocycles. The van der Waals surface area contributed by atoms with E-state index in [4.69, 9.17) is 5.73 Å². The van der Waals surface area contributed by atoms with E-state index in [1.807, 2.05) is 12.1 Å². The van der Waals surface area contributed by atoms with Gasteiger partial charge in [-0.25, -0.2) is 0 Å². The highest BCUT2D eigenvalue weighted by Crippen LogP contribution is 2.21. The third kappa shape index (κ3) is 2.46. The zero-order valence-corrected chi connectivity index (χ0v) is 10.8. The number of hydrogen-bond donors (Lipinski definition) is 2. The predicted octanol–water partition coefficient (Wildman–Crippen LogP) is 1.56. The van der Waals surface area contributed by atoms with Crippen LogP contribution in [0.15, 0.2) is 24.3 Å². The fourth-order valence-electron chi connectivity index (χ4n) is 2.58. The van der Waals surface area contributed by atoms with Crippen molar-refractivity contribution in [3.05, 3.63) is 41.5 Å². The van der Waals surface area contributed by atoms with Gasteiger partial charge in [0.25, 0.3) is 0 Å². The number of nitrogens with two attached hydrogens (primary N) is 1. The van der Waals surface area contributed by atoms with Crippen molar-refractivity contribution < 1.29 is 5.11 Å². The lowest BCUT2D eigenvalue weighted by atomic mass is 10.1. The molecule has 1 atom stereocenters. The number of rotatable bonds is 3. The summed E-state index contributed by atoms with van der Waals surface area (Å²) in [7, 11) is 0. The van der Waals surface area contributed by atoms with E-state index in [2.05, 4.69) is 14.8 Å². The fraction of sp³-hybridized carbons (Fsp3) is 0.429. The van der Waals surface area contributed by atoms with Crippen molar-refractivity contribution >= 4 is 0 Å². The molecule has 100 valence electrons. The van der Waals surface area contributed by atoms with E-state index in [1.54, 1.807) is 12.1 Å². The quantitative estimate of drug-likeness (QED) is 0.876. The predicted molar refractivity (Wildman–Crippen MR) is 71.7 cm³/mol.